The zero-order valence-corrected chi connectivity index (χ0v) is 11.7. The van der Waals surface area contributed by atoms with Gasteiger partial charge >= 0.3 is 11.9 Å². The highest BCUT2D eigenvalue weighted by atomic mass is 35.5. The van der Waals surface area contributed by atoms with Crippen molar-refractivity contribution in [2.24, 2.45) is 0 Å². The molecular formula is C13H15ClO6. The van der Waals surface area contributed by atoms with Crippen LogP contribution in [0.3, 0.4) is 0 Å². The van der Waals surface area contributed by atoms with Crippen LogP contribution in [0.15, 0.2) is 18.2 Å². The second-order valence-electron chi connectivity index (χ2n) is 3.74. The van der Waals surface area contributed by atoms with E-state index in [2.05, 4.69) is 4.74 Å². The van der Waals surface area contributed by atoms with E-state index in [-0.39, 0.29) is 31.8 Å². The number of hydrogen-bond donors (Lipinski definition) is 1. The van der Waals surface area contributed by atoms with Gasteiger partial charge in [0.25, 0.3) is 0 Å². The van der Waals surface area contributed by atoms with Crippen LogP contribution in [-0.4, -0.2) is 44.0 Å². The third kappa shape index (κ3) is 5.46. The van der Waals surface area contributed by atoms with E-state index in [0.717, 1.165) is 0 Å². The fraction of sp³-hybridized carbons (Fsp3) is 0.385. The average Bonchev–Trinajstić information content (AvgIpc) is 2.42. The molecule has 0 aliphatic carbocycles. The van der Waals surface area contributed by atoms with Crippen molar-refractivity contribution in [1.29, 1.82) is 0 Å². The third-order valence-electron chi connectivity index (χ3n) is 2.29. The molecule has 7 heteroatoms. The van der Waals surface area contributed by atoms with Crippen molar-refractivity contribution in [3.05, 3.63) is 28.8 Å². The lowest BCUT2D eigenvalue weighted by atomic mass is 10.2. The molecule has 0 spiro atoms. The zero-order chi connectivity index (χ0) is 15.0. The van der Waals surface area contributed by atoms with Crippen LogP contribution in [-0.2, 0) is 14.3 Å². The Morgan fingerprint density at radius 3 is 2.65 bits per heavy atom. The summed E-state index contributed by atoms with van der Waals surface area (Å²) in [7, 11) is 1.27. The highest BCUT2D eigenvalue weighted by Gasteiger charge is 2.13. The number of esters is 1. The Kier molecular flexibility index (Phi) is 6.83. The quantitative estimate of drug-likeness (QED) is 0.584. The second-order valence-corrected chi connectivity index (χ2v) is 4.17. The smallest absolute Gasteiger partial charge is 0.341 e. The Morgan fingerprint density at radius 2 is 2.00 bits per heavy atom. The van der Waals surface area contributed by atoms with Crippen molar-refractivity contribution in [3.8, 4) is 5.75 Å². The van der Waals surface area contributed by atoms with Crippen molar-refractivity contribution < 1.29 is 28.9 Å². The number of ether oxygens (including phenoxy) is 3. The molecule has 0 atom stereocenters. The van der Waals surface area contributed by atoms with E-state index in [1.807, 2.05) is 0 Å². The summed E-state index contributed by atoms with van der Waals surface area (Å²) in [4.78, 5) is 21.8. The average molecular weight is 303 g/mol. The van der Waals surface area contributed by atoms with Gasteiger partial charge in [-0.2, -0.15) is 0 Å². The monoisotopic (exact) mass is 302 g/mol. The largest absolute Gasteiger partial charge is 0.490 e. The molecule has 0 saturated carbocycles. The molecule has 0 bridgehead atoms. The summed E-state index contributed by atoms with van der Waals surface area (Å²) in [6, 6.07) is 4.61. The maximum Gasteiger partial charge on any atom is 0.341 e. The van der Waals surface area contributed by atoms with Crippen molar-refractivity contribution >= 4 is 23.5 Å². The van der Waals surface area contributed by atoms with Crippen molar-refractivity contribution in [1.82, 2.24) is 0 Å². The lowest BCUT2D eigenvalue weighted by Crippen LogP contribution is -2.12. The Balaban J connectivity index is 2.47. The van der Waals surface area contributed by atoms with E-state index in [1.54, 1.807) is 12.1 Å². The minimum absolute atomic E-state index is 0.0612. The number of methoxy groups -OCH3 is 1. The van der Waals surface area contributed by atoms with Crippen LogP contribution >= 0.6 is 11.6 Å². The van der Waals surface area contributed by atoms with Gasteiger partial charge in [-0.05, 0) is 18.2 Å². The van der Waals surface area contributed by atoms with Gasteiger partial charge in [0, 0.05) is 5.02 Å². The number of carboxylic acid groups (broad SMARTS) is 1. The predicted octanol–water partition coefficient (Wildman–Crippen LogP) is 2.00. The summed E-state index contributed by atoms with van der Waals surface area (Å²) in [6.45, 7) is 0.519. The lowest BCUT2D eigenvalue weighted by Gasteiger charge is -2.10. The molecule has 1 aromatic carbocycles. The van der Waals surface area contributed by atoms with Gasteiger partial charge in [-0.1, -0.05) is 11.6 Å². The lowest BCUT2D eigenvalue weighted by molar-refractivity contribution is -0.138. The second kappa shape index (κ2) is 8.39. The van der Waals surface area contributed by atoms with Gasteiger partial charge in [-0.25, -0.2) is 4.79 Å². The highest BCUT2D eigenvalue weighted by molar-refractivity contribution is 6.31. The van der Waals surface area contributed by atoms with Crippen LogP contribution in [0.5, 0.6) is 5.75 Å². The van der Waals surface area contributed by atoms with Gasteiger partial charge < -0.3 is 19.3 Å². The predicted molar refractivity (Wildman–Crippen MR) is 71.4 cm³/mol. The Labute approximate surface area is 121 Å². The van der Waals surface area contributed by atoms with E-state index < -0.39 is 11.9 Å². The molecule has 1 rings (SSSR count). The van der Waals surface area contributed by atoms with Crippen molar-refractivity contribution in [2.45, 2.75) is 6.42 Å². The van der Waals surface area contributed by atoms with Crippen molar-refractivity contribution in [2.75, 3.05) is 26.9 Å². The molecule has 0 saturated heterocycles. The maximum absolute atomic E-state index is 11.5. The molecule has 6 nitrogen and oxygen atoms in total. The first-order chi connectivity index (χ1) is 9.54. The van der Waals surface area contributed by atoms with Crippen LogP contribution in [0.1, 0.15) is 16.8 Å². The molecule has 20 heavy (non-hydrogen) atoms. The zero-order valence-electron chi connectivity index (χ0n) is 10.9. The first kappa shape index (κ1) is 16.3. The first-order valence-corrected chi connectivity index (χ1v) is 6.22. The number of benzene rings is 1. The Hall–Kier alpha value is -1.79. The van der Waals surface area contributed by atoms with Gasteiger partial charge in [0.05, 0.1) is 26.7 Å². The normalized spacial score (nSPS) is 10.1. The van der Waals surface area contributed by atoms with E-state index >= 15 is 0 Å². The van der Waals surface area contributed by atoms with E-state index in [4.69, 9.17) is 26.2 Å². The first-order valence-electron chi connectivity index (χ1n) is 5.84. The number of rotatable bonds is 8. The molecule has 110 valence electrons. The van der Waals surface area contributed by atoms with Gasteiger partial charge in [-0.3, -0.25) is 4.79 Å². The van der Waals surface area contributed by atoms with Crippen LogP contribution < -0.4 is 4.74 Å². The Morgan fingerprint density at radius 1 is 1.25 bits per heavy atom. The molecule has 1 N–H and O–H groups in total. The summed E-state index contributed by atoms with van der Waals surface area (Å²) >= 11 is 5.81. The molecule has 0 aliphatic rings. The minimum atomic E-state index is -0.920. The van der Waals surface area contributed by atoms with E-state index in [9.17, 15) is 9.59 Å². The number of carboxylic acids is 1. The molecule has 0 fully saturated rings. The number of carbonyl (C=O) groups is 2. The fourth-order valence-electron chi connectivity index (χ4n) is 1.37. The summed E-state index contributed by atoms with van der Waals surface area (Å²) in [5, 5.41) is 8.82. The summed E-state index contributed by atoms with van der Waals surface area (Å²) < 4.78 is 15.1. The molecule has 0 radical (unpaired) electrons. The van der Waals surface area contributed by atoms with Gasteiger partial charge in [0.2, 0.25) is 0 Å². The molecule has 0 heterocycles. The van der Waals surface area contributed by atoms with Crippen molar-refractivity contribution in [3.63, 3.8) is 0 Å². The molecule has 0 amide bonds. The minimum Gasteiger partial charge on any atom is -0.490 e. The highest BCUT2D eigenvalue weighted by Crippen LogP contribution is 2.23. The molecule has 0 aliphatic heterocycles. The third-order valence-corrected chi connectivity index (χ3v) is 2.53. The number of aliphatic carboxylic acids is 1. The molecular weight excluding hydrogens is 288 g/mol. The van der Waals surface area contributed by atoms with Crippen LogP contribution in [0.25, 0.3) is 0 Å². The number of halogens is 1. The molecule has 1 aromatic rings. The van der Waals surface area contributed by atoms with Crippen LogP contribution in [0, 0.1) is 0 Å². The van der Waals surface area contributed by atoms with Gasteiger partial charge in [0.1, 0.15) is 17.9 Å². The number of carbonyl (C=O) groups excluding carboxylic acids is 1. The summed E-state index contributed by atoms with van der Waals surface area (Å²) in [6.07, 6.45) is -0.0612. The number of hydrogen-bond acceptors (Lipinski definition) is 5. The van der Waals surface area contributed by atoms with Crippen LogP contribution in [0.4, 0.5) is 0 Å². The van der Waals surface area contributed by atoms with Gasteiger partial charge in [-0.15, -0.1) is 0 Å². The SMILES string of the molecule is COC(=O)c1cc(Cl)ccc1OCCOCCC(=O)O. The van der Waals surface area contributed by atoms with E-state index in [0.29, 0.717) is 10.8 Å². The van der Waals surface area contributed by atoms with E-state index in [1.165, 1.54) is 13.2 Å². The Bertz CT molecular complexity index is 474. The molecule has 0 unspecified atom stereocenters. The van der Waals surface area contributed by atoms with Crippen LogP contribution in [0.2, 0.25) is 5.02 Å². The summed E-state index contributed by atoms with van der Waals surface area (Å²) in [5.74, 6) is -1.13. The topological polar surface area (TPSA) is 82.1 Å². The summed E-state index contributed by atoms with van der Waals surface area (Å²) in [5.41, 5.74) is 0.227. The maximum atomic E-state index is 11.5. The molecule has 0 aromatic heterocycles. The van der Waals surface area contributed by atoms with Gasteiger partial charge in [0.15, 0.2) is 0 Å². The standard InChI is InChI=1S/C13H15ClO6/c1-18-13(17)10-8-9(14)2-3-11(10)20-7-6-19-5-4-12(15)16/h2-3,8H,4-7H2,1H3,(H,15,16). The fourth-order valence-corrected chi connectivity index (χ4v) is 1.54.